The Bertz CT molecular complexity index is 41.9. The van der Waals surface area contributed by atoms with Gasteiger partial charge in [-0.3, -0.25) is 0 Å². The molecule has 9 heavy (non-hydrogen) atoms. The highest BCUT2D eigenvalue weighted by molar-refractivity contribution is 5.85. The first kappa shape index (κ1) is 16.0. The molecule has 0 saturated carbocycles. The third-order valence-corrected chi connectivity index (χ3v) is 0.267. The Morgan fingerprint density at radius 2 is 1.56 bits per heavy atom. The van der Waals surface area contributed by atoms with Crippen LogP contribution in [-0.2, 0) is 0 Å². The van der Waals surface area contributed by atoms with Gasteiger partial charge in [0.15, 0.2) is 0 Å². The van der Waals surface area contributed by atoms with Gasteiger partial charge in [0.2, 0.25) is 0 Å². The molecule has 0 radical (unpaired) electrons. The molecule has 0 aliphatic carbocycles. The van der Waals surface area contributed by atoms with E-state index < -0.39 is 0 Å². The van der Waals surface area contributed by atoms with E-state index in [-0.39, 0.29) is 25.6 Å². The standard InChI is InChI=1S/C3H7N.C2H6O2.ClH/c1-2-3-4;3-1-2-4;/h2H,1,3-4H2;3-4H,1-2H2;1H. The van der Waals surface area contributed by atoms with Crippen molar-refractivity contribution in [1.82, 2.24) is 0 Å². The molecule has 0 heterocycles. The number of hydrogen-bond acceptors (Lipinski definition) is 3. The van der Waals surface area contributed by atoms with Crippen LogP contribution in [0.1, 0.15) is 0 Å². The van der Waals surface area contributed by atoms with Crippen LogP contribution in [0.25, 0.3) is 0 Å². The van der Waals surface area contributed by atoms with E-state index in [1.54, 1.807) is 6.08 Å². The van der Waals surface area contributed by atoms with E-state index in [2.05, 4.69) is 6.58 Å². The molecule has 0 aromatic carbocycles. The van der Waals surface area contributed by atoms with Gasteiger partial charge in [0.05, 0.1) is 13.2 Å². The highest BCUT2D eigenvalue weighted by Gasteiger charge is 1.58. The van der Waals surface area contributed by atoms with Gasteiger partial charge in [0.1, 0.15) is 0 Å². The zero-order valence-corrected chi connectivity index (χ0v) is 6.10. The minimum absolute atomic E-state index is 0. The van der Waals surface area contributed by atoms with Crippen LogP contribution in [0, 0.1) is 0 Å². The largest absolute Gasteiger partial charge is 0.394 e. The predicted octanol–water partition coefficient (Wildman–Crippen LogP) is -0.476. The van der Waals surface area contributed by atoms with Crippen LogP contribution in [0.15, 0.2) is 12.7 Å². The highest BCUT2D eigenvalue weighted by atomic mass is 35.5. The van der Waals surface area contributed by atoms with E-state index in [4.69, 9.17) is 15.9 Å². The molecule has 0 rings (SSSR count). The number of rotatable bonds is 2. The molecule has 0 unspecified atom stereocenters. The van der Waals surface area contributed by atoms with Crippen molar-refractivity contribution in [3.8, 4) is 0 Å². The average molecular weight is 156 g/mol. The Kier molecular flexibility index (Phi) is 43.8. The maximum absolute atomic E-state index is 7.62. The third kappa shape index (κ3) is 75.7. The van der Waals surface area contributed by atoms with Gasteiger partial charge in [-0.05, 0) is 0 Å². The van der Waals surface area contributed by atoms with E-state index in [1.165, 1.54) is 0 Å². The summed E-state index contributed by atoms with van der Waals surface area (Å²) in [6.45, 7) is 3.69. The van der Waals surface area contributed by atoms with Gasteiger partial charge in [0, 0.05) is 6.54 Å². The lowest BCUT2D eigenvalue weighted by atomic mass is 10.7. The second kappa shape index (κ2) is 24.7. The SMILES string of the molecule is C=CCN.Cl.OCCO. The number of aliphatic hydroxyl groups excluding tert-OH is 2. The summed E-state index contributed by atoms with van der Waals surface area (Å²) in [5.74, 6) is 0. The number of nitrogens with two attached hydrogens (primary N) is 1. The quantitative estimate of drug-likeness (QED) is 0.472. The highest BCUT2D eigenvalue weighted by Crippen LogP contribution is 1.40. The van der Waals surface area contributed by atoms with Crippen LogP contribution < -0.4 is 5.73 Å². The first-order valence-electron chi connectivity index (χ1n) is 2.36. The molecule has 0 amide bonds. The topological polar surface area (TPSA) is 66.5 Å². The summed E-state index contributed by atoms with van der Waals surface area (Å²) in [7, 11) is 0. The maximum atomic E-state index is 7.62. The monoisotopic (exact) mass is 155 g/mol. The van der Waals surface area contributed by atoms with E-state index in [0.717, 1.165) is 0 Å². The van der Waals surface area contributed by atoms with Crippen molar-refractivity contribution in [3.63, 3.8) is 0 Å². The fraction of sp³-hybridized carbons (Fsp3) is 0.600. The molecule has 0 spiro atoms. The fourth-order valence-corrected chi connectivity index (χ4v) is 0. The van der Waals surface area contributed by atoms with Crippen molar-refractivity contribution in [1.29, 1.82) is 0 Å². The third-order valence-electron chi connectivity index (χ3n) is 0.267. The van der Waals surface area contributed by atoms with Gasteiger partial charge in [-0.15, -0.1) is 19.0 Å². The summed E-state index contributed by atoms with van der Waals surface area (Å²) in [6.07, 6.45) is 1.65. The number of aliphatic hydroxyl groups is 2. The number of hydrogen-bond donors (Lipinski definition) is 3. The van der Waals surface area contributed by atoms with Crippen LogP contribution in [0.5, 0.6) is 0 Å². The first-order chi connectivity index (χ1) is 3.83. The lowest BCUT2D eigenvalue weighted by Crippen LogP contribution is -1.90. The molecule has 4 heteroatoms. The number of halogens is 1. The summed E-state index contributed by atoms with van der Waals surface area (Å²) in [5.41, 5.74) is 4.91. The van der Waals surface area contributed by atoms with Crippen molar-refractivity contribution < 1.29 is 10.2 Å². The second-order valence-corrected chi connectivity index (χ2v) is 0.972. The zero-order valence-electron chi connectivity index (χ0n) is 5.29. The van der Waals surface area contributed by atoms with Crippen molar-refractivity contribution in [2.24, 2.45) is 5.73 Å². The van der Waals surface area contributed by atoms with Crippen LogP contribution >= 0.6 is 12.4 Å². The predicted molar refractivity (Wildman–Crippen MR) is 40.7 cm³/mol. The molecular formula is C5H14ClNO2. The van der Waals surface area contributed by atoms with E-state index in [9.17, 15) is 0 Å². The van der Waals surface area contributed by atoms with E-state index >= 15 is 0 Å². The summed E-state index contributed by atoms with van der Waals surface area (Å²) in [5, 5.41) is 15.2. The van der Waals surface area contributed by atoms with Gasteiger partial charge < -0.3 is 15.9 Å². The molecule has 0 atom stereocenters. The van der Waals surface area contributed by atoms with Crippen LogP contribution in [0.2, 0.25) is 0 Å². The van der Waals surface area contributed by atoms with E-state index in [0.29, 0.717) is 6.54 Å². The first-order valence-corrected chi connectivity index (χ1v) is 2.36. The fourth-order valence-electron chi connectivity index (χ4n) is 0. The van der Waals surface area contributed by atoms with Crippen LogP contribution in [-0.4, -0.2) is 30.0 Å². The molecule has 3 nitrogen and oxygen atoms in total. The smallest absolute Gasteiger partial charge is 0.0662 e. The summed E-state index contributed by atoms with van der Waals surface area (Å²) in [4.78, 5) is 0. The van der Waals surface area contributed by atoms with Crippen LogP contribution in [0.3, 0.4) is 0 Å². The molecular weight excluding hydrogens is 142 g/mol. The second-order valence-electron chi connectivity index (χ2n) is 0.972. The Hall–Kier alpha value is -0.0900. The lowest BCUT2D eigenvalue weighted by molar-refractivity contribution is 0.186. The summed E-state index contributed by atoms with van der Waals surface area (Å²) < 4.78 is 0. The Balaban J connectivity index is -0.0000000720. The molecule has 0 aromatic heterocycles. The molecule has 0 saturated heterocycles. The molecule has 0 aliphatic heterocycles. The van der Waals surface area contributed by atoms with Crippen LogP contribution in [0.4, 0.5) is 0 Å². The summed E-state index contributed by atoms with van der Waals surface area (Å²) in [6, 6.07) is 0. The van der Waals surface area contributed by atoms with Crippen molar-refractivity contribution in [3.05, 3.63) is 12.7 Å². The average Bonchev–Trinajstić information content (AvgIpc) is 1.88. The van der Waals surface area contributed by atoms with Gasteiger partial charge in [0.25, 0.3) is 0 Å². The maximum Gasteiger partial charge on any atom is 0.0662 e. The molecule has 0 aliphatic rings. The molecule has 0 aromatic rings. The normalized spacial score (nSPS) is 6.11. The van der Waals surface area contributed by atoms with Gasteiger partial charge in [-0.2, -0.15) is 0 Å². The lowest BCUT2D eigenvalue weighted by Gasteiger charge is -1.70. The summed E-state index contributed by atoms with van der Waals surface area (Å²) >= 11 is 0. The Morgan fingerprint density at radius 1 is 1.33 bits per heavy atom. The Labute approximate surface area is 61.6 Å². The van der Waals surface area contributed by atoms with Crippen molar-refractivity contribution in [2.45, 2.75) is 0 Å². The van der Waals surface area contributed by atoms with E-state index in [1.807, 2.05) is 0 Å². The van der Waals surface area contributed by atoms with Gasteiger partial charge in [-0.25, -0.2) is 0 Å². The molecule has 58 valence electrons. The molecule has 4 N–H and O–H groups in total. The van der Waals surface area contributed by atoms with Crippen molar-refractivity contribution in [2.75, 3.05) is 19.8 Å². The minimum Gasteiger partial charge on any atom is -0.394 e. The minimum atomic E-state index is -0.125. The van der Waals surface area contributed by atoms with Gasteiger partial charge in [-0.1, -0.05) is 6.08 Å². The van der Waals surface area contributed by atoms with Crippen molar-refractivity contribution >= 4 is 12.4 Å². The Morgan fingerprint density at radius 3 is 1.56 bits per heavy atom. The van der Waals surface area contributed by atoms with Gasteiger partial charge >= 0.3 is 0 Å². The molecule has 0 fully saturated rings. The molecule has 0 bridgehead atoms. The zero-order chi connectivity index (χ0) is 6.83.